The van der Waals surface area contributed by atoms with Crippen LogP contribution in [-0.2, 0) is 15.1 Å². The number of rotatable bonds is 1. The number of carbonyl (C=O) groups is 2. The van der Waals surface area contributed by atoms with Crippen molar-refractivity contribution < 1.29 is 9.59 Å². The smallest absolute Gasteiger partial charge is 0.182 e. The highest BCUT2D eigenvalue weighted by Gasteiger charge is 2.40. The first-order chi connectivity index (χ1) is 7.93. The second-order valence-corrected chi connectivity index (χ2v) is 4.16. The molecule has 0 bridgehead atoms. The van der Waals surface area contributed by atoms with E-state index in [9.17, 15) is 9.59 Å². The summed E-state index contributed by atoms with van der Waals surface area (Å²) in [6, 6.07) is 6.58. The molecule has 1 aliphatic carbocycles. The van der Waals surface area contributed by atoms with Crippen molar-refractivity contribution in [1.29, 1.82) is 0 Å². The Labute approximate surface area is 98.3 Å². The Balaban J connectivity index is 2.47. The lowest BCUT2D eigenvalue weighted by Gasteiger charge is -2.29. The van der Waals surface area contributed by atoms with E-state index in [-0.39, 0.29) is 23.7 Å². The van der Waals surface area contributed by atoms with Crippen LogP contribution in [-0.4, -0.2) is 11.6 Å². The maximum Gasteiger partial charge on any atom is 0.182 e. The van der Waals surface area contributed by atoms with Gasteiger partial charge in [0.25, 0.3) is 0 Å². The Bertz CT molecular complexity index is 519. The third-order valence-corrected chi connectivity index (χ3v) is 2.91. The predicted molar refractivity (Wildman–Crippen MR) is 63.6 cm³/mol. The predicted octanol–water partition coefficient (Wildman–Crippen LogP) is -0.193. The number of benzene rings is 1. The number of nitrogens with two attached hydrogens (primary N) is 3. The average Bonchev–Trinajstić information content (AvgIpc) is 2.27. The molecule has 1 aromatic carbocycles. The molecule has 88 valence electrons. The molecule has 0 fully saturated rings. The van der Waals surface area contributed by atoms with Crippen molar-refractivity contribution in [2.45, 2.75) is 12.0 Å². The van der Waals surface area contributed by atoms with Gasteiger partial charge >= 0.3 is 0 Å². The molecule has 5 heteroatoms. The standard InChI is InChI=1S/C12H13N3O2/c13-8-3-1-7(2-4-8)12(15)6-10(16)9(14)5-11(12)17/h1-5H,6,13-15H2. The van der Waals surface area contributed by atoms with Crippen LogP contribution in [0, 0.1) is 0 Å². The van der Waals surface area contributed by atoms with Gasteiger partial charge in [-0.2, -0.15) is 0 Å². The zero-order valence-corrected chi connectivity index (χ0v) is 9.14. The minimum Gasteiger partial charge on any atom is -0.399 e. The SMILES string of the molecule is NC1=CC(=O)C(N)(c2ccc(N)cc2)CC1=O. The summed E-state index contributed by atoms with van der Waals surface area (Å²) >= 11 is 0. The topological polar surface area (TPSA) is 112 Å². The quantitative estimate of drug-likeness (QED) is 0.580. The Hall–Kier alpha value is -2.14. The van der Waals surface area contributed by atoms with Crippen LogP contribution in [0.1, 0.15) is 12.0 Å². The number of allylic oxidation sites excluding steroid dienone is 1. The summed E-state index contributed by atoms with van der Waals surface area (Å²) in [6.07, 6.45) is 0.986. The van der Waals surface area contributed by atoms with Gasteiger partial charge in [-0.05, 0) is 17.7 Å². The number of Topliss-reactive ketones (excluding diaryl/α,β-unsaturated/α-hetero) is 1. The van der Waals surface area contributed by atoms with E-state index in [2.05, 4.69) is 0 Å². The molecule has 0 amide bonds. The van der Waals surface area contributed by atoms with Crippen molar-refractivity contribution in [2.24, 2.45) is 11.5 Å². The molecule has 0 saturated heterocycles. The van der Waals surface area contributed by atoms with E-state index in [0.29, 0.717) is 11.3 Å². The first kappa shape index (κ1) is 11.3. The Morgan fingerprint density at radius 3 is 2.24 bits per heavy atom. The second kappa shape index (κ2) is 3.71. The molecule has 0 aromatic heterocycles. The van der Waals surface area contributed by atoms with Crippen LogP contribution in [0.5, 0.6) is 0 Å². The fourth-order valence-corrected chi connectivity index (χ4v) is 1.82. The summed E-state index contributed by atoms with van der Waals surface area (Å²) in [5.74, 6) is -0.678. The molecule has 1 atom stereocenters. The molecule has 1 unspecified atom stereocenters. The minimum atomic E-state index is -1.33. The molecule has 0 aliphatic heterocycles. The number of carbonyl (C=O) groups excluding carboxylic acids is 2. The van der Waals surface area contributed by atoms with Gasteiger partial charge in [0, 0.05) is 18.2 Å². The molecular weight excluding hydrogens is 218 g/mol. The third kappa shape index (κ3) is 1.81. The van der Waals surface area contributed by atoms with Gasteiger partial charge in [-0.25, -0.2) is 0 Å². The van der Waals surface area contributed by atoms with E-state index in [4.69, 9.17) is 17.2 Å². The maximum absolute atomic E-state index is 11.9. The molecule has 17 heavy (non-hydrogen) atoms. The molecule has 1 aliphatic rings. The lowest BCUT2D eigenvalue weighted by Crippen LogP contribution is -2.49. The zero-order chi connectivity index (χ0) is 12.6. The van der Waals surface area contributed by atoms with Crippen LogP contribution < -0.4 is 17.2 Å². The molecule has 5 nitrogen and oxygen atoms in total. The average molecular weight is 231 g/mol. The summed E-state index contributed by atoms with van der Waals surface area (Å²) < 4.78 is 0. The molecular formula is C12H13N3O2. The fraction of sp³-hybridized carbons (Fsp3) is 0.167. The molecule has 0 saturated carbocycles. The van der Waals surface area contributed by atoms with Crippen molar-refractivity contribution in [3.8, 4) is 0 Å². The summed E-state index contributed by atoms with van der Waals surface area (Å²) in [5.41, 5.74) is 16.8. The van der Waals surface area contributed by atoms with E-state index in [0.717, 1.165) is 6.08 Å². The van der Waals surface area contributed by atoms with Gasteiger partial charge < -0.3 is 17.2 Å². The molecule has 6 N–H and O–H groups in total. The van der Waals surface area contributed by atoms with Crippen molar-refractivity contribution in [3.63, 3.8) is 0 Å². The summed E-state index contributed by atoms with van der Waals surface area (Å²) in [6.45, 7) is 0. The van der Waals surface area contributed by atoms with Gasteiger partial charge in [-0.3, -0.25) is 9.59 Å². The van der Waals surface area contributed by atoms with Crippen LogP contribution in [0.15, 0.2) is 36.0 Å². The van der Waals surface area contributed by atoms with Gasteiger partial charge in [0.15, 0.2) is 11.6 Å². The molecule has 2 rings (SSSR count). The lowest BCUT2D eigenvalue weighted by atomic mass is 9.78. The number of anilines is 1. The van der Waals surface area contributed by atoms with Crippen LogP contribution in [0.4, 0.5) is 5.69 Å². The minimum absolute atomic E-state index is 0.0356. The molecule has 0 heterocycles. The highest BCUT2D eigenvalue weighted by atomic mass is 16.1. The van der Waals surface area contributed by atoms with E-state index in [1.165, 1.54) is 0 Å². The van der Waals surface area contributed by atoms with Gasteiger partial charge in [-0.1, -0.05) is 12.1 Å². The lowest BCUT2D eigenvalue weighted by molar-refractivity contribution is -0.126. The maximum atomic E-state index is 11.9. The molecule has 1 aromatic rings. The van der Waals surface area contributed by atoms with Crippen molar-refractivity contribution in [2.75, 3.05) is 5.73 Å². The molecule has 0 radical (unpaired) electrons. The van der Waals surface area contributed by atoms with Crippen molar-refractivity contribution in [3.05, 3.63) is 41.6 Å². The van der Waals surface area contributed by atoms with E-state index >= 15 is 0 Å². The first-order valence-corrected chi connectivity index (χ1v) is 5.13. The normalized spacial score (nSPS) is 24.6. The number of hydrogen-bond donors (Lipinski definition) is 3. The monoisotopic (exact) mass is 231 g/mol. The first-order valence-electron chi connectivity index (χ1n) is 5.13. The van der Waals surface area contributed by atoms with Gasteiger partial charge in [0.05, 0.1) is 5.70 Å². The zero-order valence-electron chi connectivity index (χ0n) is 9.14. The largest absolute Gasteiger partial charge is 0.399 e. The van der Waals surface area contributed by atoms with E-state index in [1.807, 2.05) is 0 Å². The third-order valence-electron chi connectivity index (χ3n) is 2.91. The summed E-state index contributed by atoms with van der Waals surface area (Å²) in [7, 11) is 0. The van der Waals surface area contributed by atoms with Crippen LogP contribution in [0.2, 0.25) is 0 Å². The number of hydrogen-bond acceptors (Lipinski definition) is 5. The Morgan fingerprint density at radius 2 is 1.65 bits per heavy atom. The number of ketones is 2. The number of nitrogen functional groups attached to an aromatic ring is 1. The summed E-state index contributed by atoms with van der Waals surface area (Å²) in [4.78, 5) is 23.4. The van der Waals surface area contributed by atoms with Crippen LogP contribution >= 0.6 is 0 Å². The van der Waals surface area contributed by atoms with Gasteiger partial charge in [0.1, 0.15) is 5.54 Å². The van der Waals surface area contributed by atoms with Gasteiger partial charge in [-0.15, -0.1) is 0 Å². The highest BCUT2D eigenvalue weighted by molar-refractivity contribution is 6.12. The molecule has 0 spiro atoms. The van der Waals surface area contributed by atoms with E-state index < -0.39 is 5.54 Å². The Kier molecular flexibility index (Phi) is 2.48. The van der Waals surface area contributed by atoms with Crippen LogP contribution in [0.25, 0.3) is 0 Å². The van der Waals surface area contributed by atoms with Crippen molar-refractivity contribution >= 4 is 17.3 Å². The van der Waals surface area contributed by atoms with E-state index in [1.54, 1.807) is 24.3 Å². The highest BCUT2D eigenvalue weighted by Crippen LogP contribution is 2.29. The van der Waals surface area contributed by atoms with Crippen LogP contribution in [0.3, 0.4) is 0 Å². The fourth-order valence-electron chi connectivity index (χ4n) is 1.82. The second-order valence-electron chi connectivity index (χ2n) is 4.16. The van der Waals surface area contributed by atoms with Gasteiger partial charge in [0.2, 0.25) is 0 Å². The summed E-state index contributed by atoms with van der Waals surface area (Å²) in [5, 5.41) is 0. The van der Waals surface area contributed by atoms with Crippen molar-refractivity contribution in [1.82, 2.24) is 0 Å². The Morgan fingerprint density at radius 1 is 1.06 bits per heavy atom.